The third-order valence-electron chi connectivity index (χ3n) is 2.97. The fraction of sp³-hybridized carbons (Fsp3) is 0.188. The number of carbonyl (C=O) groups excluding carboxylic acids is 1. The molecule has 110 valence electrons. The molecule has 0 unspecified atom stereocenters. The molecule has 3 N–H and O–H groups in total. The minimum atomic E-state index is -0.376. The second-order valence-corrected chi connectivity index (χ2v) is 5.32. The van der Waals surface area contributed by atoms with Crippen LogP contribution in [0.15, 0.2) is 46.9 Å². The average Bonchev–Trinajstić information content (AvgIpc) is 2.47. The maximum atomic E-state index is 12.0. The molecule has 0 aliphatic heterocycles. The molecule has 0 aliphatic carbocycles. The number of rotatable bonds is 5. The van der Waals surface area contributed by atoms with E-state index in [0.29, 0.717) is 30.1 Å². The van der Waals surface area contributed by atoms with Crippen molar-refractivity contribution in [3.05, 3.63) is 58.1 Å². The highest BCUT2D eigenvalue weighted by Gasteiger charge is 2.13. The lowest BCUT2D eigenvalue weighted by Gasteiger charge is -2.13. The molecule has 0 amide bonds. The molecule has 0 radical (unpaired) electrons. The van der Waals surface area contributed by atoms with Gasteiger partial charge < -0.3 is 15.8 Å². The molecule has 0 aliphatic rings. The first-order chi connectivity index (χ1) is 10.1. The second-order valence-electron chi connectivity index (χ2n) is 4.47. The second kappa shape index (κ2) is 7.13. The van der Waals surface area contributed by atoms with Gasteiger partial charge in [-0.15, -0.1) is 0 Å². The van der Waals surface area contributed by atoms with Crippen molar-refractivity contribution in [3.63, 3.8) is 0 Å². The largest absolute Gasteiger partial charge is 0.462 e. The Bertz CT molecular complexity index is 644. The molecule has 4 nitrogen and oxygen atoms in total. The summed E-state index contributed by atoms with van der Waals surface area (Å²) in [5.41, 5.74) is 8.54. The minimum Gasteiger partial charge on any atom is -0.462 e. The van der Waals surface area contributed by atoms with Crippen LogP contribution in [0.2, 0.25) is 0 Å². The third kappa shape index (κ3) is 3.98. The topological polar surface area (TPSA) is 64.3 Å². The Hall–Kier alpha value is -2.01. The minimum absolute atomic E-state index is 0.331. The van der Waals surface area contributed by atoms with Gasteiger partial charge in [0.2, 0.25) is 0 Å². The van der Waals surface area contributed by atoms with Crippen LogP contribution in [0.4, 0.5) is 11.4 Å². The van der Waals surface area contributed by atoms with E-state index in [1.165, 1.54) is 0 Å². The van der Waals surface area contributed by atoms with Crippen LogP contribution >= 0.6 is 15.9 Å². The van der Waals surface area contributed by atoms with Crippen LogP contribution in [0.1, 0.15) is 22.8 Å². The van der Waals surface area contributed by atoms with Crippen molar-refractivity contribution in [2.75, 3.05) is 17.7 Å². The normalized spacial score (nSPS) is 10.2. The molecule has 21 heavy (non-hydrogen) atoms. The van der Waals surface area contributed by atoms with Gasteiger partial charge in [-0.25, -0.2) is 4.79 Å². The first-order valence-corrected chi connectivity index (χ1v) is 7.45. The number of nitrogen functional groups attached to an aromatic ring is 1. The molecular weight excluding hydrogens is 332 g/mol. The maximum Gasteiger partial charge on any atom is 0.340 e. The number of ether oxygens (including phenoxy) is 1. The van der Waals surface area contributed by atoms with Crippen molar-refractivity contribution in [1.29, 1.82) is 0 Å². The van der Waals surface area contributed by atoms with Gasteiger partial charge in [-0.2, -0.15) is 0 Å². The summed E-state index contributed by atoms with van der Waals surface area (Å²) in [5, 5.41) is 3.25. The van der Waals surface area contributed by atoms with Gasteiger partial charge in [0.25, 0.3) is 0 Å². The van der Waals surface area contributed by atoms with Gasteiger partial charge in [0.15, 0.2) is 0 Å². The highest BCUT2D eigenvalue weighted by Crippen LogP contribution is 2.22. The van der Waals surface area contributed by atoms with E-state index in [4.69, 9.17) is 10.5 Å². The standard InChI is InChI=1S/C16H17BrN2O2/c1-2-21-16(20)13-9-12(18)7-8-15(13)19-10-11-5-3-4-6-14(11)17/h3-9,19H,2,10,18H2,1H3. The number of esters is 1. The molecule has 0 aromatic heterocycles. The van der Waals surface area contributed by atoms with E-state index in [0.717, 1.165) is 10.0 Å². The predicted molar refractivity (Wildman–Crippen MR) is 88.3 cm³/mol. The summed E-state index contributed by atoms with van der Waals surface area (Å²) in [6, 6.07) is 13.1. The average molecular weight is 349 g/mol. The zero-order valence-corrected chi connectivity index (χ0v) is 13.3. The van der Waals surface area contributed by atoms with Gasteiger partial charge in [-0.05, 0) is 36.8 Å². The summed E-state index contributed by atoms with van der Waals surface area (Å²) < 4.78 is 6.07. The van der Waals surface area contributed by atoms with Crippen LogP contribution in [0, 0.1) is 0 Å². The number of anilines is 2. The van der Waals surface area contributed by atoms with Crippen LogP contribution in [0.25, 0.3) is 0 Å². The van der Waals surface area contributed by atoms with Crippen molar-refractivity contribution in [2.45, 2.75) is 13.5 Å². The molecule has 5 heteroatoms. The number of hydrogen-bond acceptors (Lipinski definition) is 4. The highest BCUT2D eigenvalue weighted by atomic mass is 79.9. The number of nitrogens with two attached hydrogens (primary N) is 1. The Morgan fingerprint density at radius 2 is 2.05 bits per heavy atom. The molecule has 0 bridgehead atoms. The van der Waals surface area contributed by atoms with Gasteiger partial charge in [0.1, 0.15) is 0 Å². The molecule has 2 rings (SSSR count). The van der Waals surface area contributed by atoms with Gasteiger partial charge in [0, 0.05) is 22.4 Å². The molecule has 0 fully saturated rings. The van der Waals surface area contributed by atoms with Crippen molar-refractivity contribution >= 4 is 33.3 Å². The van der Waals surface area contributed by atoms with E-state index in [1.54, 1.807) is 25.1 Å². The SMILES string of the molecule is CCOC(=O)c1cc(N)ccc1NCc1ccccc1Br. The van der Waals surface area contributed by atoms with Crippen LogP contribution in [0.3, 0.4) is 0 Å². The van der Waals surface area contributed by atoms with Crippen molar-refractivity contribution in [3.8, 4) is 0 Å². The maximum absolute atomic E-state index is 12.0. The zero-order chi connectivity index (χ0) is 15.2. The van der Waals surface area contributed by atoms with E-state index in [-0.39, 0.29) is 5.97 Å². The fourth-order valence-electron chi connectivity index (χ4n) is 1.93. The summed E-state index contributed by atoms with van der Waals surface area (Å²) in [6.45, 7) is 2.70. The molecule has 0 heterocycles. The number of halogens is 1. The van der Waals surface area contributed by atoms with E-state index >= 15 is 0 Å². The summed E-state index contributed by atoms with van der Waals surface area (Å²) in [6.07, 6.45) is 0. The van der Waals surface area contributed by atoms with Crippen LogP contribution in [-0.4, -0.2) is 12.6 Å². The molecular formula is C16H17BrN2O2. The van der Waals surface area contributed by atoms with Gasteiger partial charge in [-0.3, -0.25) is 0 Å². The highest BCUT2D eigenvalue weighted by molar-refractivity contribution is 9.10. The van der Waals surface area contributed by atoms with Gasteiger partial charge in [-0.1, -0.05) is 34.1 Å². The predicted octanol–water partition coefficient (Wildman–Crippen LogP) is 3.82. The molecule has 2 aromatic rings. The monoisotopic (exact) mass is 348 g/mol. The smallest absolute Gasteiger partial charge is 0.340 e. The van der Waals surface area contributed by atoms with Crippen LogP contribution in [0.5, 0.6) is 0 Å². The first kappa shape index (κ1) is 15.4. The van der Waals surface area contributed by atoms with E-state index < -0.39 is 0 Å². The molecule has 0 atom stereocenters. The Balaban J connectivity index is 2.20. The third-order valence-corrected chi connectivity index (χ3v) is 3.74. The van der Waals surface area contributed by atoms with E-state index in [1.807, 2.05) is 24.3 Å². The quantitative estimate of drug-likeness (QED) is 0.636. The van der Waals surface area contributed by atoms with Crippen molar-refractivity contribution in [2.24, 2.45) is 0 Å². The van der Waals surface area contributed by atoms with Gasteiger partial charge in [0.05, 0.1) is 12.2 Å². The molecule has 0 saturated carbocycles. The number of benzene rings is 2. The Kier molecular flexibility index (Phi) is 5.22. The molecule has 0 saturated heterocycles. The Morgan fingerprint density at radius 3 is 2.76 bits per heavy atom. The van der Waals surface area contributed by atoms with E-state index in [9.17, 15) is 4.79 Å². The van der Waals surface area contributed by atoms with Crippen LogP contribution < -0.4 is 11.1 Å². The zero-order valence-electron chi connectivity index (χ0n) is 11.7. The summed E-state index contributed by atoms with van der Waals surface area (Å²) in [5.74, 6) is -0.376. The molecule has 0 spiro atoms. The summed E-state index contributed by atoms with van der Waals surface area (Å²) in [7, 11) is 0. The lowest BCUT2D eigenvalue weighted by molar-refractivity contribution is 0.0527. The van der Waals surface area contributed by atoms with Crippen molar-refractivity contribution in [1.82, 2.24) is 0 Å². The number of carbonyl (C=O) groups is 1. The van der Waals surface area contributed by atoms with Crippen molar-refractivity contribution < 1.29 is 9.53 Å². The number of hydrogen-bond donors (Lipinski definition) is 2. The van der Waals surface area contributed by atoms with Crippen LogP contribution in [-0.2, 0) is 11.3 Å². The fourth-order valence-corrected chi connectivity index (χ4v) is 2.35. The summed E-state index contributed by atoms with van der Waals surface area (Å²) in [4.78, 5) is 12.0. The first-order valence-electron chi connectivity index (χ1n) is 6.65. The van der Waals surface area contributed by atoms with Gasteiger partial charge >= 0.3 is 5.97 Å². The molecule has 2 aromatic carbocycles. The Morgan fingerprint density at radius 1 is 1.29 bits per heavy atom. The lowest BCUT2D eigenvalue weighted by atomic mass is 10.1. The summed E-state index contributed by atoms with van der Waals surface area (Å²) >= 11 is 3.50. The lowest BCUT2D eigenvalue weighted by Crippen LogP contribution is -2.10. The number of nitrogens with one attached hydrogen (secondary N) is 1. The Labute approximate surface area is 132 Å². The van der Waals surface area contributed by atoms with E-state index in [2.05, 4.69) is 21.2 Å².